The zero-order valence-corrected chi connectivity index (χ0v) is 25.5. The van der Waals surface area contributed by atoms with Crippen LogP contribution in [-0.2, 0) is 13.1 Å². The average Bonchev–Trinajstić information content (AvgIpc) is 2.91. The molecule has 14 nitrogen and oxygen atoms in total. The Balaban J connectivity index is 0.000000410. The quantitative estimate of drug-likeness (QED) is 0.132. The minimum Gasteiger partial charge on any atom is -0.378 e. The van der Waals surface area contributed by atoms with Crippen molar-refractivity contribution in [1.29, 1.82) is 0 Å². The SMILES string of the molecule is CN=C(/C(=C\N(C)C)[N+](=O)[O-])N(C)Cc1ccc(Cl)nc1.CN=CC(=C(NC)N(C)Cc1ccc(Cl)nc1)[N+](=O)[O-]. The zero-order chi connectivity index (χ0) is 31.1. The van der Waals surface area contributed by atoms with Crippen molar-refractivity contribution in [2.24, 2.45) is 9.98 Å². The van der Waals surface area contributed by atoms with Gasteiger partial charge in [-0.05, 0) is 23.3 Å². The van der Waals surface area contributed by atoms with E-state index in [9.17, 15) is 20.2 Å². The minimum atomic E-state index is -0.477. The van der Waals surface area contributed by atoms with E-state index < -0.39 is 9.85 Å². The molecule has 0 bridgehead atoms. The van der Waals surface area contributed by atoms with E-state index in [0.29, 0.717) is 35.1 Å². The lowest BCUT2D eigenvalue weighted by Crippen LogP contribution is -2.31. The Bertz CT molecular complexity index is 1280. The number of aliphatic imine (C=N–C) groups is 2. The maximum Gasteiger partial charge on any atom is 0.326 e. The van der Waals surface area contributed by atoms with Crippen molar-refractivity contribution < 1.29 is 9.85 Å². The Morgan fingerprint density at radius 1 is 0.927 bits per heavy atom. The van der Waals surface area contributed by atoms with Crippen LogP contribution in [0.25, 0.3) is 0 Å². The van der Waals surface area contributed by atoms with Crippen molar-refractivity contribution in [2.75, 3.05) is 49.3 Å². The molecule has 0 saturated carbocycles. The number of hydrogen-bond acceptors (Lipinski definition) is 11. The predicted octanol–water partition coefficient (Wildman–Crippen LogP) is 3.41. The Kier molecular flexibility index (Phi) is 14.7. The highest BCUT2D eigenvalue weighted by Gasteiger charge is 2.23. The van der Waals surface area contributed by atoms with Gasteiger partial charge in [-0.1, -0.05) is 35.3 Å². The number of rotatable bonds is 11. The molecular weight excluding hydrogens is 575 g/mol. The monoisotopic (exact) mass is 608 g/mol. The Morgan fingerprint density at radius 2 is 1.44 bits per heavy atom. The summed E-state index contributed by atoms with van der Waals surface area (Å²) in [6.45, 7) is 0.894. The molecular formula is C25H34Cl2N10O4. The third kappa shape index (κ3) is 11.8. The van der Waals surface area contributed by atoms with Crippen LogP contribution in [0, 0.1) is 20.2 Å². The topological polar surface area (TPSA) is 159 Å². The molecule has 0 unspecified atom stereocenters. The summed E-state index contributed by atoms with van der Waals surface area (Å²) in [4.78, 5) is 42.1. The molecule has 0 saturated heterocycles. The maximum atomic E-state index is 11.2. The van der Waals surface area contributed by atoms with Gasteiger partial charge in [0.05, 0.1) is 16.0 Å². The van der Waals surface area contributed by atoms with Crippen LogP contribution >= 0.6 is 23.2 Å². The molecule has 0 aliphatic rings. The predicted molar refractivity (Wildman–Crippen MR) is 161 cm³/mol. The first-order valence-electron chi connectivity index (χ1n) is 12.0. The van der Waals surface area contributed by atoms with E-state index in [1.807, 2.05) is 12.1 Å². The van der Waals surface area contributed by atoms with Crippen molar-refractivity contribution in [1.82, 2.24) is 30.0 Å². The summed E-state index contributed by atoms with van der Waals surface area (Å²) >= 11 is 11.5. The van der Waals surface area contributed by atoms with Gasteiger partial charge in [-0.2, -0.15) is 0 Å². The molecule has 2 aromatic heterocycles. The van der Waals surface area contributed by atoms with Gasteiger partial charge in [-0.15, -0.1) is 0 Å². The van der Waals surface area contributed by atoms with Gasteiger partial charge >= 0.3 is 11.4 Å². The smallest absolute Gasteiger partial charge is 0.326 e. The number of nitrogens with zero attached hydrogens (tertiary/aromatic N) is 9. The normalized spacial score (nSPS) is 12.2. The number of likely N-dealkylation sites (N-methyl/N-ethyl adjacent to an activating group) is 1. The molecule has 0 radical (unpaired) electrons. The summed E-state index contributed by atoms with van der Waals surface area (Å²) in [5.74, 6) is 0.666. The molecule has 222 valence electrons. The fourth-order valence-corrected chi connectivity index (χ4v) is 3.67. The summed E-state index contributed by atoms with van der Waals surface area (Å²) in [7, 11) is 11.6. The molecule has 16 heteroatoms. The largest absolute Gasteiger partial charge is 0.378 e. The van der Waals surface area contributed by atoms with Gasteiger partial charge in [0.2, 0.25) is 5.84 Å². The van der Waals surface area contributed by atoms with Crippen LogP contribution < -0.4 is 5.32 Å². The number of allylic oxidation sites excluding steroid dienone is 1. The van der Waals surface area contributed by atoms with Crippen LogP contribution in [0.2, 0.25) is 10.3 Å². The number of nitro groups is 2. The molecule has 0 amide bonds. The summed E-state index contributed by atoms with van der Waals surface area (Å²) in [6.07, 6.45) is 5.90. The molecule has 0 aliphatic heterocycles. The lowest BCUT2D eigenvalue weighted by atomic mass is 10.2. The Morgan fingerprint density at radius 3 is 1.78 bits per heavy atom. The summed E-state index contributed by atoms with van der Waals surface area (Å²) in [5, 5.41) is 25.9. The molecule has 2 aromatic rings. The Hall–Kier alpha value is -4.30. The van der Waals surface area contributed by atoms with Crippen molar-refractivity contribution in [3.63, 3.8) is 0 Å². The molecule has 0 aliphatic carbocycles. The number of amidine groups is 1. The number of halogens is 2. The average molecular weight is 610 g/mol. The lowest BCUT2D eigenvalue weighted by Gasteiger charge is -2.21. The molecule has 0 atom stereocenters. The number of aromatic nitrogens is 2. The van der Waals surface area contributed by atoms with E-state index in [1.54, 1.807) is 74.5 Å². The second-order valence-corrected chi connectivity index (χ2v) is 9.38. The highest BCUT2D eigenvalue weighted by atomic mass is 35.5. The van der Waals surface area contributed by atoms with Gasteiger partial charge < -0.3 is 20.0 Å². The van der Waals surface area contributed by atoms with Crippen molar-refractivity contribution in [3.8, 4) is 0 Å². The number of nitrogens with one attached hydrogen (secondary N) is 1. The molecule has 0 aromatic carbocycles. The first kappa shape index (κ1) is 34.7. The molecule has 0 fully saturated rings. The van der Waals surface area contributed by atoms with E-state index in [0.717, 1.165) is 11.1 Å². The van der Waals surface area contributed by atoms with Crippen LogP contribution in [0.4, 0.5) is 0 Å². The van der Waals surface area contributed by atoms with Gasteiger partial charge in [0, 0.05) is 74.8 Å². The maximum absolute atomic E-state index is 11.2. The number of hydrogen-bond donors (Lipinski definition) is 1. The van der Waals surface area contributed by atoms with Crippen LogP contribution in [0.3, 0.4) is 0 Å². The van der Waals surface area contributed by atoms with E-state index in [1.165, 1.54) is 26.5 Å². The molecule has 2 heterocycles. The fourth-order valence-electron chi connectivity index (χ4n) is 3.45. The van der Waals surface area contributed by atoms with E-state index in [-0.39, 0.29) is 11.4 Å². The minimum absolute atomic E-state index is 0.0630. The molecule has 0 spiro atoms. The van der Waals surface area contributed by atoms with Crippen LogP contribution in [0.5, 0.6) is 0 Å². The molecule has 1 N–H and O–H groups in total. The van der Waals surface area contributed by atoms with Crippen molar-refractivity contribution >= 4 is 35.3 Å². The van der Waals surface area contributed by atoms with E-state index in [2.05, 4.69) is 25.3 Å². The Labute approximate surface area is 249 Å². The zero-order valence-electron chi connectivity index (χ0n) is 23.9. The highest BCUT2D eigenvalue weighted by Crippen LogP contribution is 2.13. The van der Waals surface area contributed by atoms with Gasteiger partial charge in [-0.3, -0.25) is 30.2 Å². The summed E-state index contributed by atoms with van der Waals surface area (Å²) < 4.78 is 0. The third-order valence-electron chi connectivity index (χ3n) is 5.11. The fraction of sp³-hybridized carbons (Fsp3) is 0.360. The van der Waals surface area contributed by atoms with E-state index in [4.69, 9.17) is 23.2 Å². The van der Waals surface area contributed by atoms with Crippen molar-refractivity contribution in [2.45, 2.75) is 13.1 Å². The van der Waals surface area contributed by atoms with Crippen LogP contribution in [0.1, 0.15) is 11.1 Å². The first-order chi connectivity index (χ1) is 19.3. The van der Waals surface area contributed by atoms with E-state index >= 15 is 0 Å². The summed E-state index contributed by atoms with van der Waals surface area (Å²) in [6, 6.07) is 6.99. The van der Waals surface area contributed by atoms with Gasteiger partial charge in [0.15, 0.2) is 5.82 Å². The summed E-state index contributed by atoms with van der Waals surface area (Å²) in [5.41, 5.74) is 1.61. The lowest BCUT2D eigenvalue weighted by molar-refractivity contribution is -0.417. The third-order valence-corrected chi connectivity index (χ3v) is 5.55. The second kappa shape index (κ2) is 17.4. The van der Waals surface area contributed by atoms with Crippen LogP contribution in [-0.4, -0.2) is 95.9 Å². The number of pyridine rings is 2. The van der Waals surface area contributed by atoms with Gasteiger partial charge in [0.25, 0.3) is 0 Å². The van der Waals surface area contributed by atoms with Gasteiger partial charge in [0.1, 0.15) is 16.5 Å². The molecule has 41 heavy (non-hydrogen) atoms. The van der Waals surface area contributed by atoms with Gasteiger partial charge in [-0.25, -0.2) is 9.97 Å². The first-order valence-corrected chi connectivity index (χ1v) is 12.7. The second-order valence-electron chi connectivity index (χ2n) is 8.60. The van der Waals surface area contributed by atoms with Crippen molar-refractivity contribution in [3.05, 3.63) is 102 Å². The standard InChI is InChI=1S/C13H18ClN5O2.C12H16ClN5O2/c1-15-13(11(19(20)21)9-17(2)3)18(4)8-10-5-6-12(14)16-7-10;1-14-7-10(18(19)20)12(15-2)17(3)8-9-4-5-11(13)16-6-9/h5-7,9H,8H2,1-4H3;4-7,15H,8H2,1-3H3/b11-9+,15-13?;. The highest BCUT2D eigenvalue weighted by molar-refractivity contribution is 6.29. The molecule has 2 rings (SSSR count). The van der Waals surface area contributed by atoms with Crippen LogP contribution in [0.15, 0.2) is 70.1 Å².